The van der Waals surface area contributed by atoms with Crippen molar-refractivity contribution in [2.24, 2.45) is 0 Å². The highest BCUT2D eigenvalue weighted by Gasteiger charge is 2.40. The lowest BCUT2D eigenvalue weighted by molar-refractivity contribution is -0.124. The molecule has 188 valence electrons. The largest absolute Gasteiger partial charge is 0.497 e. The van der Waals surface area contributed by atoms with Gasteiger partial charge in [0.25, 0.3) is 5.91 Å². The molecule has 0 fully saturated rings. The van der Waals surface area contributed by atoms with Crippen molar-refractivity contribution in [2.45, 2.75) is 25.8 Å². The number of nitrogens with one attached hydrogen (secondary N) is 2. The molecule has 4 aromatic rings. The Morgan fingerprint density at radius 3 is 2.30 bits per heavy atom. The van der Waals surface area contributed by atoms with Gasteiger partial charge in [0.05, 0.1) is 24.6 Å². The summed E-state index contributed by atoms with van der Waals surface area (Å²) in [6.45, 7) is 1.87. The van der Waals surface area contributed by atoms with E-state index in [1.165, 1.54) is 6.92 Å². The van der Waals surface area contributed by atoms with Gasteiger partial charge >= 0.3 is 0 Å². The number of aromatic nitrogens is 2. The van der Waals surface area contributed by atoms with E-state index in [2.05, 4.69) is 10.6 Å². The Kier molecular flexibility index (Phi) is 6.59. The molecule has 0 radical (unpaired) electrons. The lowest BCUT2D eigenvalue weighted by Gasteiger charge is -2.16. The second kappa shape index (κ2) is 10.1. The molecule has 9 nitrogen and oxygen atoms in total. The highest BCUT2D eigenvalue weighted by atomic mass is 16.5. The average molecular weight is 498 g/mol. The second-order valence-corrected chi connectivity index (χ2v) is 8.89. The summed E-state index contributed by atoms with van der Waals surface area (Å²) in [7, 11) is 1.62. The standard InChI is InChI=1S/C28H27N5O4/c1-18(34)29-20-9-11-21(12-10-20)30-26(35)17-25-27(36)32(16-15-19-7-13-22(37-2)14-8-19)28-31-23-5-3-4-6-24(23)33(25)28/h3-14,25H,15-17H2,1-2H3,(H,29,34)(H,30,35)/t25-/m0/s1. The Bertz CT molecular complexity index is 1460. The highest BCUT2D eigenvalue weighted by molar-refractivity contribution is 6.05. The number of imidazole rings is 1. The number of carbonyl (C=O) groups is 3. The Hall–Kier alpha value is -4.66. The third-order valence-corrected chi connectivity index (χ3v) is 6.33. The van der Waals surface area contributed by atoms with Crippen LogP contribution in [0.2, 0.25) is 0 Å². The average Bonchev–Trinajstić information content (AvgIpc) is 3.38. The van der Waals surface area contributed by atoms with E-state index >= 15 is 0 Å². The topological polar surface area (TPSA) is 106 Å². The molecule has 1 atom stereocenters. The summed E-state index contributed by atoms with van der Waals surface area (Å²) in [4.78, 5) is 44.2. The Labute approximate surface area is 214 Å². The van der Waals surface area contributed by atoms with Crippen molar-refractivity contribution in [1.29, 1.82) is 0 Å². The van der Waals surface area contributed by atoms with E-state index < -0.39 is 6.04 Å². The van der Waals surface area contributed by atoms with Crippen LogP contribution in [0.4, 0.5) is 17.3 Å². The van der Waals surface area contributed by atoms with E-state index in [-0.39, 0.29) is 24.1 Å². The van der Waals surface area contributed by atoms with Crippen LogP contribution < -0.4 is 20.3 Å². The molecule has 0 aliphatic carbocycles. The number of hydrogen-bond acceptors (Lipinski definition) is 5. The number of carbonyl (C=O) groups excluding carboxylic acids is 3. The van der Waals surface area contributed by atoms with Crippen molar-refractivity contribution in [3.63, 3.8) is 0 Å². The number of amides is 3. The summed E-state index contributed by atoms with van der Waals surface area (Å²) in [6, 6.07) is 21.5. The summed E-state index contributed by atoms with van der Waals surface area (Å²) in [5.74, 6) is 0.719. The molecule has 37 heavy (non-hydrogen) atoms. The molecule has 3 amide bonds. The molecule has 0 bridgehead atoms. The van der Waals surface area contributed by atoms with Gasteiger partial charge in [-0.3, -0.25) is 23.9 Å². The maximum Gasteiger partial charge on any atom is 0.253 e. The monoisotopic (exact) mass is 497 g/mol. The van der Waals surface area contributed by atoms with Gasteiger partial charge in [-0.05, 0) is 60.5 Å². The number of rotatable bonds is 8. The molecule has 3 aromatic carbocycles. The van der Waals surface area contributed by atoms with Gasteiger partial charge in [-0.15, -0.1) is 0 Å². The van der Waals surface area contributed by atoms with Crippen LogP contribution >= 0.6 is 0 Å². The smallest absolute Gasteiger partial charge is 0.253 e. The molecular weight excluding hydrogens is 470 g/mol. The van der Waals surface area contributed by atoms with Crippen molar-refractivity contribution in [2.75, 3.05) is 29.2 Å². The maximum atomic E-state index is 13.5. The zero-order chi connectivity index (χ0) is 25.9. The molecule has 5 rings (SSSR count). The maximum absolute atomic E-state index is 13.5. The van der Waals surface area contributed by atoms with Gasteiger partial charge in [0.2, 0.25) is 17.8 Å². The molecule has 2 N–H and O–H groups in total. The Morgan fingerprint density at radius 1 is 0.946 bits per heavy atom. The minimum atomic E-state index is -0.697. The van der Waals surface area contributed by atoms with Gasteiger partial charge in [-0.2, -0.15) is 0 Å². The SMILES string of the molecule is COc1ccc(CCN2C(=O)[C@H](CC(=O)Nc3ccc(NC(C)=O)cc3)n3c2nc2ccccc23)cc1. The molecule has 2 heterocycles. The molecule has 0 saturated heterocycles. The van der Waals surface area contributed by atoms with E-state index in [1.807, 2.05) is 53.1 Å². The van der Waals surface area contributed by atoms with Crippen molar-refractivity contribution in [1.82, 2.24) is 9.55 Å². The predicted octanol–water partition coefficient (Wildman–Crippen LogP) is 4.16. The Morgan fingerprint density at radius 2 is 1.62 bits per heavy atom. The van der Waals surface area contributed by atoms with E-state index in [9.17, 15) is 14.4 Å². The van der Waals surface area contributed by atoms with Gasteiger partial charge in [0, 0.05) is 24.8 Å². The molecule has 9 heteroatoms. The zero-order valence-electron chi connectivity index (χ0n) is 20.6. The third kappa shape index (κ3) is 5.02. The molecular formula is C28H27N5O4. The van der Waals surface area contributed by atoms with Crippen LogP contribution in [0.15, 0.2) is 72.8 Å². The van der Waals surface area contributed by atoms with Gasteiger partial charge in [-0.1, -0.05) is 24.3 Å². The van der Waals surface area contributed by atoms with Crippen molar-refractivity contribution in [3.05, 3.63) is 78.4 Å². The molecule has 1 aromatic heterocycles. The van der Waals surface area contributed by atoms with Crippen LogP contribution in [-0.4, -0.2) is 40.9 Å². The lowest BCUT2D eigenvalue weighted by atomic mass is 10.1. The molecule has 0 unspecified atom stereocenters. The minimum absolute atomic E-state index is 0.0291. The first-order chi connectivity index (χ1) is 17.9. The van der Waals surface area contributed by atoms with Crippen molar-refractivity contribution in [3.8, 4) is 5.75 Å². The summed E-state index contributed by atoms with van der Waals surface area (Å²) in [5.41, 5.74) is 3.88. The van der Waals surface area contributed by atoms with Crippen molar-refractivity contribution >= 4 is 46.1 Å². The van der Waals surface area contributed by atoms with Gasteiger partial charge in [0.1, 0.15) is 11.8 Å². The number of fused-ring (bicyclic) bond motifs is 3. The number of ether oxygens (including phenoxy) is 1. The first-order valence-electron chi connectivity index (χ1n) is 12.0. The minimum Gasteiger partial charge on any atom is -0.497 e. The van der Waals surface area contributed by atoms with Crippen LogP contribution in [0.3, 0.4) is 0 Å². The zero-order valence-corrected chi connectivity index (χ0v) is 20.6. The van der Waals surface area contributed by atoms with Gasteiger partial charge < -0.3 is 15.4 Å². The number of anilines is 3. The summed E-state index contributed by atoms with van der Waals surface area (Å²) < 4.78 is 7.09. The molecule has 1 aliphatic rings. The summed E-state index contributed by atoms with van der Waals surface area (Å²) in [6.07, 6.45) is 0.608. The first-order valence-corrected chi connectivity index (χ1v) is 12.0. The molecule has 0 saturated carbocycles. The number of methoxy groups -OCH3 is 1. The van der Waals surface area contributed by atoms with Crippen LogP contribution in [-0.2, 0) is 20.8 Å². The second-order valence-electron chi connectivity index (χ2n) is 8.89. The predicted molar refractivity (Wildman–Crippen MR) is 142 cm³/mol. The van der Waals surface area contributed by atoms with E-state index in [1.54, 1.807) is 36.3 Å². The normalized spacial score (nSPS) is 14.5. The number of nitrogens with zero attached hydrogens (tertiary/aromatic N) is 3. The van der Waals surface area contributed by atoms with Crippen LogP contribution in [0.25, 0.3) is 11.0 Å². The summed E-state index contributed by atoms with van der Waals surface area (Å²) in [5, 5.41) is 5.55. The van der Waals surface area contributed by atoms with Gasteiger partial charge in [-0.25, -0.2) is 4.98 Å². The molecule has 1 aliphatic heterocycles. The van der Waals surface area contributed by atoms with Crippen molar-refractivity contribution < 1.29 is 19.1 Å². The third-order valence-electron chi connectivity index (χ3n) is 6.33. The van der Waals surface area contributed by atoms with Crippen LogP contribution in [0, 0.1) is 0 Å². The molecule has 0 spiro atoms. The van der Waals surface area contributed by atoms with Crippen LogP contribution in [0.5, 0.6) is 5.75 Å². The fraction of sp³-hybridized carbons (Fsp3) is 0.214. The first kappa shape index (κ1) is 24.1. The summed E-state index contributed by atoms with van der Waals surface area (Å²) >= 11 is 0. The number of hydrogen-bond donors (Lipinski definition) is 2. The fourth-order valence-corrected chi connectivity index (χ4v) is 4.57. The quantitative estimate of drug-likeness (QED) is 0.380. The highest BCUT2D eigenvalue weighted by Crippen LogP contribution is 2.36. The Balaban J connectivity index is 1.34. The van der Waals surface area contributed by atoms with E-state index in [0.717, 1.165) is 22.3 Å². The van der Waals surface area contributed by atoms with E-state index in [0.29, 0.717) is 30.3 Å². The van der Waals surface area contributed by atoms with E-state index in [4.69, 9.17) is 9.72 Å². The fourth-order valence-electron chi connectivity index (χ4n) is 4.57. The lowest BCUT2D eigenvalue weighted by Crippen LogP contribution is -2.33. The van der Waals surface area contributed by atoms with Crippen LogP contribution in [0.1, 0.15) is 24.9 Å². The number of para-hydroxylation sites is 2. The van der Waals surface area contributed by atoms with Gasteiger partial charge in [0.15, 0.2) is 0 Å². The number of benzene rings is 3.